The van der Waals surface area contributed by atoms with Crippen molar-refractivity contribution in [1.29, 1.82) is 0 Å². The van der Waals surface area contributed by atoms with Gasteiger partial charge in [0.2, 0.25) is 0 Å². The Morgan fingerprint density at radius 1 is 1.03 bits per heavy atom. The highest BCUT2D eigenvalue weighted by Crippen LogP contribution is 2.39. The predicted molar refractivity (Wildman–Crippen MR) is 129 cm³/mol. The summed E-state index contributed by atoms with van der Waals surface area (Å²) in [6.45, 7) is 4.06. The van der Waals surface area contributed by atoms with Crippen molar-refractivity contribution in [2.24, 2.45) is 0 Å². The molecule has 2 aromatic carbocycles. The second-order valence-corrected chi connectivity index (χ2v) is 10.7. The fourth-order valence-electron chi connectivity index (χ4n) is 3.65. The Labute approximate surface area is 207 Å². The van der Waals surface area contributed by atoms with Crippen LogP contribution in [0.15, 0.2) is 41.3 Å². The zero-order valence-electron chi connectivity index (χ0n) is 19.7. The first-order chi connectivity index (χ1) is 16.4. The molecule has 35 heavy (non-hydrogen) atoms. The molecule has 1 atom stereocenters. The van der Waals surface area contributed by atoms with E-state index in [0.29, 0.717) is 37.0 Å². The van der Waals surface area contributed by atoms with Gasteiger partial charge in [0.05, 0.1) is 12.2 Å². The second-order valence-electron chi connectivity index (χ2n) is 8.75. The molecule has 0 radical (unpaired) electrons. The number of alkyl halides is 3. The summed E-state index contributed by atoms with van der Waals surface area (Å²) >= 11 is 0.962. The van der Waals surface area contributed by atoms with E-state index in [2.05, 4.69) is 9.84 Å². The van der Waals surface area contributed by atoms with Gasteiger partial charge in [-0.25, -0.2) is 8.78 Å². The molecule has 0 bridgehead atoms. The lowest BCUT2D eigenvalue weighted by Gasteiger charge is -2.25. The van der Waals surface area contributed by atoms with Crippen LogP contribution in [0.25, 0.3) is 0 Å². The molecule has 0 aliphatic carbocycles. The van der Waals surface area contributed by atoms with Crippen LogP contribution in [-0.4, -0.2) is 23.8 Å². The first-order valence-electron chi connectivity index (χ1n) is 11.3. The molecule has 2 aromatic rings. The van der Waals surface area contributed by atoms with Crippen LogP contribution in [-0.2, 0) is 27.2 Å². The first-order valence-corrected chi connectivity index (χ1v) is 13.5. The number of benzene rings is 2. The maximum atomic E-state index is 14.5. The molecular formula is C24H31F5NO3PS. The van der Waals surface area contributed by atoms with Crippen molar-refractivity contribution in [2.45, 2.75) is 62.6 Å². The number of nitrogens with one attached hydrogen (secondary N) is 1. The molecule has 0 saturated heterocycles. The van der Waals surface area contributed by atoms with E-state index in [1.165, 1.54) is 6.07 Å². The van der Waals surface area contributed by atoms with Crippen molar-refractivity contribution in [3.8, 4) is 0 Å². The summed E-state index contributed by atoms with van der Waals surface area (Å²) in [5.74, 6) is -0.630. The molecule has 0 aliphatic heterocycles. The second kappa shape index (κ2) is 13.7. The van der Waals surface area contributed by atoms with Crippen molar-refractivity contribution < 1.29 is 35.9 Å². The van der Waals surface area contributed by atoms with E-state index >= 15 is 0 Å². The quantitative estimate of drug-likeness (QED) is 0.116. The van der Waals surface area contributed by atoms with Gasteiger partial charge in [0.15, 0.2) is 0 Å². The monoisotopic (exact) mass is 539 g/mol. The summed E-state index contributed by atoms with van der Waals surface area (Å²) in [5.41, 5.74) is -0.786. The minimum Gasteiger partial charge on any atom is -0.326 e. The lowest BCUT2D eigenvalue weighted by Crippen LogP contribution is -2.19. The first kappa shape index (κ1) is 29.8. The van der Waals surface area contributed by atoms with Gasteiger partial charge in [-0.1, -0.05) is 38.5 Å². The van der Waals surface area contributed by atoms with Crippen LogP contribution in [0.2, 0.25) is 0 Å². The van der Waals surface area contributed by atoms with Crippen LogP contribution in [0.3, 0.4) is 0 Å². The molecule has 4 nitrogen and oxygen atoms in total. The van der Waals surface area contributed by atoms with Gasteiger partial charge in [-0.3, -0.25) is 4.57 Å². The minimum atomic E-state index is -4.63. The number of thioether (sulfide) groups is 1. The van der Waals surface area contributed by atoms with E-state index in [1.807, 2.05) is 13.8 Å². The number of hydrogen-bond donors (Lipinski definition) is 2. The van der Waals surface area contributed by atoms with Crippen LogP contribution in [0, 0.1) is 11.6 Å². The zero-order chi connectivity index (χ0) is 26.1. The molecule has 0 fully saturated rings. The molecule has 0 aromatic heterocycles. The van der Waals surface area contributed by atoms with Crippen LogP contribution in [0.1, 0.15) is 56.2 Å². The number of hydrogen-bond acceptors (Lipinski definition) is 4. The highest BCUT2D eigenvalue weighted by molar-refractivity contribution is 7.99. The van der Waals surface area contributed by atoms with Gasteiger partial charge in [-0.15, -0.1) is 11.8 Å². The standard InChI is InChI=1S/C24H31F5NO3PS/c1-23(2,18-8-3-4-9-20(18)25)10-5-6-13-35-22-15-21(26)17(14-19(22)24(27,28)29)16-30-11-7-12-33-34(31)32/h3-4,8-9,14-15,30,34H,5-7,10-13,16H2,1-2H3,(H,31,32). The Balaban J connectivity index is 1.92. The molecule has 0 saturated carbocycles. The van der Waals surface area contributed by atoms with E-state index in [0.717, 1.165) is 23.9 Å². The molecule has 1 unspecified atom stereocenters. The Morgan fingerprint density at radius 2 is 1.74 bits per heavy atom. The van der Waals surface area contributed by atoms with Crippen molar-refractivity contribution in [3.63, 3.8) is 0 Å². The van der Waals surface area contributed by atoms with Crippen LogP contribution in [0.4, 0.5) is 22.0 Å². The smallest absolute Gasteiger partial charge is 0.326 e. The fraction of sp³-hybridized carbons (Fsp3) is 0.500. The summed E-state index contributed by atoms with van der Waals surface area (Å²) in [7, 11) is -3.02. The highest BCUT2D eigenvalue weighted by Gasteiger charge is 2.34. The van der Waals surface area contributed by atoms with E-state index in [9.17, 15) is 26.5 Å². The minimum absolute atomic E-state index is 0.0185. The Kier molecular flexibility index (Phi) is 11.7. The van der Waals surface area contributed by atoms with Gasteiger partial charge < -0.3 is 14.7 Å². The number of rotatable bonds is 14. The summed E-state index contributed by atoms with van der Waals surface area (Å²) in [5, 5.41) is 2.81. The van der Waals surface area contributed by atoms with E-state index < -0.39 is 31.2 Å². The summed E-state index contributed by atoms with van der Waals surface area (Å²) in [6, 6.07) is 8.31. The predicted octanol–water partition coefficient (Wildman–Crippen LogP) is 7.10. The van der Waals surface area contributed by atoms with Gasteiger partial charge >= 0.3 is 14.4 Å². The van der Waals surface area contributed by atoms with Crippen molar-refractivity contribution in [3.05, 3.63) is 64.7 Å². The normalized spacial score (nSPS) is 13.3. The van der Waals surface area contributed by atoms with Crippen molar-refractivity contribution in [2.75, 3.05) is 18.9 Å². The van der Waals surface area contributed by atoms with Crippen molar-refractivity contribution >= 4 is 20.0 Å². The van der Waals surface area contributed by atoms with Crippen LogP contribution >= 0.6 is 20.0 Å². The van der Waals surface area contributed by atoms with Crippen LogP contribution in [0.5, 0.6) is 0 Å². The van der Waals surface area contributed by atoms with Gasteiger partial charge in [-0.2, -0.15) is 13.2 Å². The molecule has 0 heterocycles. The number of halogens is 5. The maximum Gasteiger partial charge on any atom is 0.417 e. The van der Waals surface area contributed by atoms with Gasteiger partial charge in [0.1, 0.15) is 11.6 Å². The average Bonchev–Trinajstić information content (AvgIpc) is 2.76. The van der Waals surface area contributed by atoms with Crippen LogP contribution < -0.4 is 5.32 Å². The van der Waals surface area contributed by atoms with E-state index in [1.54, 1.807) is 18.2 Å². The van der Waals surface area contributed by atoms with Gasteiger partial charge in [-0.05, 0) is 60.7 Å². The summed E-state index contributed by atoms with van der Waals surface area (Å²) in [6.07, 6.45) is -2.31. The third kappa shape index (κ3) is 9.84. The highest BCUT2D eigenvalue weighted by atomic mass is 32.2. The maximum absolute atomic E-state index is 14.5. The average molecular weight is 540 g/mol. The molecular weight excluding hydrogens is 508 g/mol. The Morgan fingerprint density at radius 3 is 2.40 bits per heavy atom. The molecule has 0 aliphatic rings. The molecule has 11 heteroatoms. The molecule has 2 N–H and O–H groups in total. The summed E-state index contributed by atoms with van der Waals surface area (Å²) < 4.78 is 84.4. The number of unbranched alkanes of at least 4 members (excludes halogenated alkanes) is 1. The topological polar surface area (TPSA) is 58.6 Å². The van der Waals surface area contributed by atoms with Crippen molar-refractivity contribution in [1.82, 2.24) is 5.32 Å². The third-order valence-corrected chi connectivity index (χ3v) is 7.14. The van der Waals surface area contributed by atoms with Gasteiger partial charge in [0, 0.05) is 17.0 Å². The Hall–Kier alpha value is -1.45. The molecule has 0 amide bonds. The third-order valence-electron chi connectivity index (χ3n) is 5.55. The SMILES string of the molecule is CC(C)(CCCCSc1cc(F)c(CNCCCO[PH](=O)O)cc1C(F)(F)F)c1ccccc1F. The zero-order valence-corrected chi connectivity index (χ0v) is 21.5. The van der Waals surface area contributed by atoms with Gasteiger partial charge in [0.25, 0.3) is 0 Å². The lowest BCUT2D eigenvalue weighted by molar-refractivity contribution is -0.139. The fourth-order valence-corrected chi connectivity index (χ4v) is 5.06. The molecule has 2 rings (SSSR count). The largest absolute Gasteiger partial charge is 0.417 e. The lowest BCUT2D eigenvalue weighted by atomic mass is 9.80. The van der Waals surface area contributed by atoms with E-state index in [4.69, 9.17) is 4.89 Å². The molecule has 196 valence electrons. The molecule has 0 spiro atoms. The summed E-state index contributed by atoms with van der Waals surface area (Å²) in [4.78, 5) is 8.41. The van der Waals surface area contributed by atoms with E-state index in [-0.39, 0.29) is 36.0 Å². The Bertz CT molecular complexity index is 988.